The molecule has 1 aromatic carbocycles. The Balaban J connectivity index is 2.09. The van der Waals surface area contributed by atoms with Gasteiger partial charge in [0.2, 0.25) is 5.91 Å². The molecule has 0 radical (unpaired) electrons. The highest BCUT2D eigenvalue weighted by molar-refractivity contribution is 9.10. The van der Waals surface area contributed by atoms with Crippen molar-refractivity contribution >= 4 is 45.2 Å². The molecule has 0 saturated heterocycles. The number of carbonyl (C=O) groups is 1. The zero-order valence-electron chi connectivity index (χ0n) is 10.1. The van der Waals surface area contributed by atoms with Gasteiger partial charge in [-0.15, -0.1) is 0 Å². The van der Waals surface area contributed by atoms with Crippen molar-refractivity contribution in [3.63, 3.8) is 0 Å². The summed E-state index contributed by atoms with van der Waals surface area (Å²) in [7, 11) is 0. The molecule has 5 heteroatoms. The molecule has 3 nitrogen and oxygen atoms in total. The molecular weight excluding hydrogens is 330 g/mol. The van der Waals surface area contributed by atoms with E-state index in [0.717, 1.165) is 10.0 Å². The van der Waals surface area contributed by atoms with E-state index >= 15 is 0 Å². The summed E-state index contributed by atoms with van der Waals surface area (Å²) in [5.74, 6) is 0.388. The normalized spacial score (nSPS) is 10.9. The molecule has 1 N–H and O–H groups in total. The summed E-state index contributed by atoms with van der Waals surface area (Å²) in [5, 5.41) is 3.36. The predicted molar refractivity (Wildman–Crippen MR) is 80.3 cm³/mol. The maximum absolute atomic E-state index is 11.8. The first kappa shape index (κ1) is 13.9. The lowest BCUT2D eigenvalue weighted by atomic mass is 10.2. The van der Waals surface area contributed by atoms with E-state index in [2.05, 4.69) is 21.2 Å². The second kappa shape index (κ2) is 6.08. The number of anilines is 1. The Morgan fingerprint density at radius 2 is 2.21 bits per heavy atom. The van der Waals surface area contributed by atoms with Crippen molar-refractivity contribution in [1.29, 1.82) is 0 Å². The average Bonchev–Trinajstić information content (AvgIpc) is 2.90. The van der Waals surface area contributed by atoms with Gasteiger partial charge in [0.1, 0.15) is 5.76 Å². The number of halogens is 2. The molecule has 2 aromatic rings. The van der Waals surface area contributed by atoms with Crippen LogP contribution in [0.25, 0.3) is 6.08 Å². The fourth-order valence-corrected chi connectivity index (χ4v) is 2.10. The van der Waals surface area contributed by atoms with Crippen LogP contribution >= 0.6 is 27.5 Å². The first-order valence-corrected chi connectivity index (χ1v) is 6.72. The number of nitrogens with one attached hydrogen (secondary N) is 1. The highest BCUT2D eigenvalue weighted by atomic mass is 79.9. The first-order chi connectivity index (χ1) is 9.08. The van der Waals surface area contributed by atoms with Crippen LogP contribution in [0.3, 0.4) is 0 Å². The number of benzene rings is 1. The Labute approximate surface area is 124 Å². The summed E-state index contributed by atoms with van der Waals surface area (Å²) in [6, 6.07) is 7.12. The van der Waals surface area contributed by atoms with Crippen LogP contribution in [-0.4, -0.2) is 5.91 Å². The molecule has 0 spiro atoms. The van der Waals surface area contributed by atoms with Crippen molar-refractivity contribution in [1.82, 2.24) is 0 Å². The van der Waals surface area contributed by atoms with Gasteiger partial charge in [0.15, 0.2) is 0 Å². The topological polar surface area (TPSA) is 42.2 Å². The van der Waals surface area contributed by atoms with Gasteiger partial charge in [-0.1, -0.05) is 11.6 Å². The maximum Gasteiger partial charge on any atom is 0.248 e. The summed E-state index contributed by atoms with van der Waals surface area (Å²) in [4.78, 5) is 11.8. The molecule has 0 saturated carbocycles. The minimum Gasteiger partial charge on any atom is -0.465 e. The van der Waals surface area contributed by atoms with Gasteiger partial charge in [0.05, 0.1) is 11.3 Å². The minimum atomic E-state index is -0.238. The summed E-state index contributed by atoms with van der Waals surface area (Å²) in [6.45, 7) is 1.85. The van der Waals surface area contributed by atoms with Crippen LogP contribution in [0.2, 0.25) is 5.02 Å². The molecule has 0 bridgehead atoms. The van der Waals surface area contributed by atoms with Crippen LogP contribution < -0.4 is 5.32 Å². The smallest absolute Gasteiger partial charge is 0.248 e. The largest absolute Gasteiger partial charge is 0.465 e. The quantitative estimate of drug-likeness (QED) is 0.826. The van der Waals surface area contributed by atoms with Crippen LogP contribution in [0.1, 0.15) is 11.3 Å². The molecule has 1 heterocycles. The molecule has 19 heavy (non-hydrogen) atoms. The molecule has 0 aliphatic rings. The van der Waals surface area contributed by atoms with E-state index in [1.165, 1.54) is 6.08 Å². The molecule has 0 atom stereocenters. The summed E-state index contributed by atoms with van der Waals surface area (Å²) in [5.41, 5.74) is 1.50. The van der Waals surface area contributed by atoms with E-state index in [-0.39, 0.29) is 5.91 Å². The number of carbonyl (C=O) groups excluding carboxylic acids is 1. The number of furan rings is 1. The number of hydrogen-bond acceptors (Lipinski definition) is 2. The Hall–Kier alpha value is -1.52. The summed E-state index contributed by atoms with van der Waals surface area (Å²) in [6.07, 6.45) is 4.57. The van der Waals surface area contributed by atoms with Gasteiger partial charge < -0.3 is 9.73 Å². The van der Waals surface area contributed by atoms with Gasteiger partial charge in [-0.05, 0) is 58.8 Å². The Morgan fingerprint density at radius 3 is 2.89 bits per heavy atom. The monoisotopic (exact) mass is 339 g/mol. The average molecular weight is 341 g/mol. The molecule has 1 aromatic heterocycles. The molecule has 98 valence electrons. The maximum atomic E-state index is 11.8. The van der Waals surface area contributed by atoms with E-state index in [1.807, 2.05) is 6.92 Å². The zero-order valence-corrected chi connectivity index (χ0v) is 12.5. The standard InChI is InChI=1S/C14H11BrClNO2/c1-9-12(6-5-11(15)14(9)16)17-13(18)7-4-10-3-2-8-19-10/h2-8H,1H3,(H,17,18)/b7-4+. The fraction of sp³-hybridized carbons (Fsp3) is 0.0714. The van der Waals surface area contributed by atoms with Gasteiger partial charge in [-0.2, -0.15) is 0 Å². The minimum absolute atomic E-state index is 0.238. The Bertz CT molecular complexity index is 621. The highest BCUT2D eigenvalue weighted by Crippen LogP contribution is 2.30. The van der Waals surface area contributed by atoms with E-state index in [9.17, 15) is 4.79 Å². The summed E-state index contributed by atoms with van der Waals surface area (Å²) < 4.78 is 5.90. The third-order valence-electron chi connectivity index (χ3n) is 2.54. The molecule has 0 fully saturated rings. The molecule has 2 rings (SSSR count). The van der Waals surface area contributed by atoms with E-state index < -0.39 is 0 Å². The zero-order chi connectivity index (χ0) is 13.8. The highest BCUT2D eigenvalue weighted by Gasteiger charge is 2.07. The second-order valence-corrected chi connectivity index (χ2v) is 5.10. The summed E-state index contributed by atoms with van der Waals surface area (Å²) >= 11 is 9.43. The lowest BCUT2D eigenvalue weighted by Crippen LogP contribution is -2.09. The van der Waals surface area contributed by atoms with Crippen LogP contribution in [-0.2, 0) is 4.79 Å². The Kier molecular flexibility index (Phi) is 4.45. The predicted octanol–water partition coefficient (Wildman–Crippen LogP) is 4.66. The van der Waals surface area contributed by atoms with Crippen molar-refractivity contribution in [2.24, 2.45) is 0 Å². The third-order valence-corrected chi connectivity index (χ3v) is 3.92. The van der Waals surface area contributed by atoms with Crippen molar-refractivity contribution in [3.05, 3.63) is 57.4 Å². The lowest BCUT2D eigenvalue weighted by molar-refractivity contribution is -0.111. The van der Waals surface area contributed by atoms with Gasteiger partial charge in [0, 0.05) is 16.2 Å². The van der Waals surface area contributed by atoms with Crippen molar-refractivity contribution in [2.45, 2.75) is 6.92 Å². The van der Waals surface area contributed by atoms with Gasteiger partial charge in [-0.25, -0.2) is 0 Å². The SMILES string of the molecule is Cc1c(NC(=O)/C=C/c2ccco2)ccc(Br)c1Cl. The molecule has 0 unspecified atom stereocenters. The van der Waals surface area contributed by atoms with E-state index in [4.69, 9.17) is 16.0 Å². The van der Waals surface area contributed by atoms with E-state index in [1.54, 1.807) is 36.6 Å². The van der Waals surface area contributed by atoms with Gasteiger partial charge in [0.25, 0.3) is 0 Å². The van der Waals surface area contributed by atoms with Crippen molar-refractivity contribution < 1.29 is 9.21 Å². The molecule has 0 aliphatic carbocycles. The van der Waals surface area contributed by atoms with Crippen LogP contribution in [0, 0.1) is 6.92 Å². The first-order valence-electron chi connectivity index (χ1n) is 5.55. The molecule has 0 aliphatic heterocycles. The molecular formula is C14H11BrClNO2. The van der Waals surface area contributed by atoms with Crippen LogP contribution in [0.15, 0.2) is 45.5 Å². The number of amides is 1. The van der Waals surface area contributed by atoms with Gasteiger partial charge >= 0.3 is 0 Å². The third kappa shape index (κ3) is 3.49. The van der Waals surface area contributed by atoms with Crippen LogP contribution in [0.4, 0.5) is 5.69 Å². The van der Waals surface area contributed by atoms with Crippen molar-refractivity contribution in [3.8, 4) is 0 Å². The van der Waals surface area contributed by atoms with Crippen LogP contribution in [0.5, 0.6) is 0 Å². The molecule has 1 amide bonds. The van der Waals surface area contributed by atoms with E-state index in [0.29, 0.717) is 16.5 Å². The number of hydrogen-bond donors (Lipinski definition) is 1. The number of rotatable bonds is 3. The van der Waals surface area contributed by atoms with Crippen molar-refractivity contribution in [2.75, 3.05) is 5.32 Å². The lowest BCUT2D eigenvalue weighted by Gasteiger charge is -2.09. The van der Waals surface area contributed by atoms with Gasteiger partial charge in [-0.3, -0.25) is 4.79 Å². The second-order valence-electron chi connectivity index (χ2n) is 3.87. The fourth-order valence-electron chi connectivity index (χ4n) is 1.51. The Morgan fingerprint density at radius 1 is 1.42 bits per heavy atom.